The highest BCUT2D eigenvalue weighted by Crippen LogP contribution is 2.19. The summed E-state index contributed by atoms with van der Waals surface area (Å²) in [4.78, 5) is 27.3. The molecular formula is C15H21N3O3. The van der Waals surface area contributed by atoms with Crippen LogP contribution in [0.2, 0.25) is 0 Å². The lowest BCUT2D eigenvalue weighted by atomic mass is 10.3. The second-order valence-electron chi connectivity index (χ2n) is 4.89. The van der Waals surface area contributed by atoms with Crippen LogP contribution < -0.4 is 10.2 Å². The van der Waals surface area contributed by atoms with Crippen molar-refractivity contribution in [2.75, 3.05) is 44.8 Å². The highest BCUT2D eigenvalue weighted by Gasteiger charge is 2.30. The van der Waals surface area contributed by atoms with Gasteiger partial charge in [0.05, 0.1) is 0 Å². The quantitative estimate of drug-likeness (QED) is 0.765. The molecule has 0 saturated carbocycles. The first-order valence-electron chi connectivity index (χ1n) is 7.09. The molecule has 1 aliphatic heterocycles. The first-order chi connectivity index (χ1) is 10.2. The van der Waals surface area contributed by atoms with Crippen molar-refractivity contribution in [1.29, 1.82) is 0 Å². The molecule has 1 fully saturated rings. The molecule has 0 aliphatic carbocycles. The van der Waals surface area contributed by atoms with Gasteiger partial charge in [-0.05, 0) is 18.6 Å². The number of anilines is 1. The van der Waals surface area contributed by atoms with Crippen molar-refractivity contribution in [3.05, 3.63) is 30.3 Å². The Balaban J connectivity index is 1.81. The van der Waals surface area contributed by atoms with Crippen molar-refractivity contribution in [2.24, 2.45) is 0 Å². The first kappa shape index (κ1) is 15.3. The Morgan fingerprint density at radius 2 is 2.05 bits per heavy atom. The van der Waals surface area contributed by atoms with Crippen molar-refractivity contribution in [3.8, 4) is 0 Å². The number of nitrogens with one attached hydrogen (secondary N) is 1. The molecule has 6 heteroatoms. The van der Waals surface area contributed by atoms with E-state index in [-0.39, 0.29) is 18.5 Å². The van der Waals surface area contributed by atoms with E-state index in [1.807, 2.05) is 30.3 Å². The van der Waals surface area contributed by atoms with Crippen LogP contribution in [0.5, 0.6) is 0 Å². The Bertz CT molecular complexity index is 478. The van der Waals surface area contributed by atoms with Crippen LogP contribution in [0.1, 0.15) is 6.42 Å². The summed E-state index contributed by atoms with van der Waals surface area (Å²) in [5.41, 5.74) is 0.866. The summed E-state index contributed by atoms with van der Waals surface area (Å²) in [6.45, 7) is 2.47. The Hall–Kier alpha value is -2.08. The maximum Gasteiger partial charge on any atom is 0.325 e. The van der Waals surface area contributed by atoms with Gasteiger partial charge in [-0.15, -0.1) is 0 Å². The molecule has 1 N–H and O–H groups in total. The van der Waals surface area contributed by atoms with E-state index in [4.69, 9.17) is 4.74 Å². The molecule has 0 unspecified atom stereocenters. The Morgan fingerprint density at radius 1 is 1.29 bits per heavy atom. The Labute approximate surface area is 124 Å². The van der Waals surface area contributed by atoms with Crippen LogP contribution in [0.15, 0.2) is 30.3 Å². The largest absolute Gasteiger partial charge is 0.385 e. The minimum atomic E-state index is -0.130. The third-order valence-electron chi connectivity index (χ3n) is 3.34. The van der Waals surface area contributed by atoms with Gasteiger partial charge in [-0.25, -0.2) is 4.79 Å². The molecule has 0 bridgehead atoms. The van der Waals surface area contributed by atoms with E-state index in [0.717, 1.165) is 12.1 Å². The predicted octanol–water partition coefficient (Wildman–Crippen LogP) is 1.08. The van der Waals surface area contributed by atoms with Crippen molar-refractivity contribution < 1.29 is 14.3 Å². The van der Waals surface area contributed by atoms with Crippen molar-refractivity contribution in [2.45, 2.75) is 6.42 Å². The number of amides is 3. The maximum absolute atomic E-state index is 12.3. The summed E-state index contributed by atoms with van der Waals surface area (Å²) < 4.78 is 4.91. The van der Waals surface area contributed by atoms with Crippen LogP contribution in [0.25, 0.3) is 0 Å². The minimum Gasteiger partial charge on any atom is -0.385 e. The SMILES string of the molecule is COCCCNC(=O)CN1CCN(c2ccccc2)C1=O. The van der Waals surface area contributed by atoms with Gasteiger partial charge in [-0.2, -0.15) is 0 Å². The van der Waals surface area contributed by atoms with Gasteiger partial charge in [0.2, 0.25) is 5.91 Å². The topological polar surface area (TPSA) is 61.9 Å². The molecule has 114 valence electrons. The van der Waals surface area contributed by atoms with E-state index in [9.17, 15) is 9.59 Å². The highest BCUT2D eigenvalue weighted by molar-refractivity contribution is 5.96. The highest BCUT2D eigenvalue weighted by atomic mass is 16.5. The second kappa shape index (κ2) is 7.64. The normalized spacial score (nSPS) is 14.6. The zero-order valence-corrected chi connectivity index (χ0v) is 12.2. The smallest absolute Gasteiger partial charge is 0.325 e. The molecule has 1 heterocycles. The molecule has 2 rings (SSSR count). The summed E-state index contributed by atoms with van der Waals surface area (Å²) in [5, 5.41) is 2.79. The molecule has 21 heavy (non-hydrogen) atoms. The number of hydrogen-bond acceptors (Lipinski definition) is 3. The number of nitrogens with zero attached hydrogens (tertiary/aromatic N) is 2. The lowest BCUT2D eigenvalue weighted by molar-refractivity contribution is -0.121. The van der Waals surface area contributed by atoms with Crippen LogP contribution in [-0.2, 0) is 9.53 Å². The molecule has 1 aromatic rings. The van der Waals surface area contributed by atoms with Gasteiger partial charge in [0.25, 0.3) is 0 Å². The van der Waals surface area contributed by atoms with Crippen molar-refractivity contribution >= 4 is 17.6 Å². The zero-order valence-electron chi connectivity index (χ0n) is 12.2. The number of ether oxygens (including phenoxy) is 1. The van der Waals surface area contributed by atoms with E-state index in [1.54, 1.807) is 16.9 Å². The molecule has 0 spiro atoms. The van der Waals surface area contributed by atoms with Crippen molar-refractivity contribution in [1.82, 2.24) is 10.2 Å². The number of rotatable bonds is 7. The summed E-state index contributed by atoms with van der Waals surface area (Å²) in [5.74, 6) is -0.130. The van der Waals surface area contributed by atoms with Gasteiger partial charge in [0.15, 0.2) is 0 Å². The van der Waals surface area contributed by atoms with Gasteiger partial charge in [0.1, 0.15) is 6.54 Å². The van der Waals surface area contributed by atoms with Gasteiger partial charge < -0.3 is 15.0 Å². The molecule has 6 nitrogen and oxygen atoms in total. The molecule has 3 amide bonds. The number of methoxy groups -OCH3 is 1. The summed E-state index contributed by atoms with van der Waals surface area (Å²) >= 11 is 0. The first-order valence-corrected chi connectivity index (χ1v) is 7.09. The minimum absolute atomic E-state index is 0.106. The average molecular weight is 291 g/mol. The zero-order chi connectivity index (χ0) is 15.1. The van der Waals surface area contributed by atoms with Crippen molar-refractivity contribution in [3.63, 3.8) is 0 Å². The standard InChI is InChI=1S/C15H21N3O3/c1-21-11-5-8-16-14(19)12-17-9-10-18(15(17)20)13-6-3-2-4-7-13/h2-4,6-7H,5,8-12H2,1H3,(H,16,19). The fourth-order valence-corrected chi connectivity index (χ4v) is 2.25. The predicted molar refractivity (Wildman–Crippen MR) is 80.3 cm³/mol. The van der Waals surface area contributed by atoms with E-state index in [1.165, 1.54) is 0 Å². The van der Waals surface area contributed by atoms with Gasteiger partial charge in [-0.1, -0.05) is 18.2 Å². The number of benzene rings is 1. The van der Waals surface area contributed by atoms with Crippen LogP contribution in [-0.4, -0.2) is 56.7 Å². The second-order valence-corrected chi connectivity index (χ2v) is 4.89. The molecule has 1 aromatic carbocycles. The van der Waals surface area contributed by atoms with E-state index in [2.05, 4.69) is 5.32 Å². The molecule has 1 saturated heterocycles. The van der Waals surface area contributed by atoms with Crippen LogP contribution >= 0.6 is 0 Å². The Kier molecular flexibility index (Phi) is 5.57. The monoisotopic (exact) mass is 291 g/mol. The molecule has 0 atom stereocenters. The van der Waals surface area contributed by atoms with E-state index in [0.29, 0.717) is 26.2 Å². The lowest BCUT2D eigenvalue weighted by Crippen LogP contribution is -2.40. The number of para-hydroxylation sites is 1. The van der Waals surface area contributed by atoms with Crippen LogP contribution in [0, 0.1) is 0 Å². The number of carbonyl (C=O) groups is 2. The lowest BCUT2D eigenvalue weighted by Gasteiger charge is -2.18. The van der Waals surface area contributed by atoms with Gasteiger partial charge >= 0.3 is 6.03 Å². The van der Waals surface area contributed by atoms with E-state index >= 15 is 0 Å². The van der Waals surface area contributed by atoms with Gasteiger partial charge in [0, 0.05) is 39.0 Å². The van der Waals surface area contributed by atoms with Crippen LogP contribution in [0.4, 0.5) is 10.5 Å². The molecule has 0 radical (unpaired) electrons. The average Bonchev–Trinajstić information content (AvgIpc) is 2.86. The molecular weight excluding hydrogens is 270 g/mol. The molecule has 1 aliphatic rings. The Morgan fingerprint density at radius 3 is 2.76 bits per heavy atom. The third-order valence-corrected chi connectivity index (χ3v) is 3.34. The summed E-state index contributed by atoms with van der Waals surface area (Å²) in [6, 6.07) is 9.38. The maximum atomic E-state index is 12.3. The number of urea groups is 1. The number of carbonyl (C=O) groups excluding carboxylic acids is 2. The van der Waals surface area contributed by atoms with E-state index < -0.39 is 0 Å². The number of hydrogen-bond donors (Lipinski definition) is 1. The fourth-order valence-electron chi connectivity index (χ4n) is 2.25. The van der Waals surface area contributed by atoms with Gasteiger partial charge in [-0.3, -0.25) is 9.69 Å². The summed E-state index contributed by atoms with van der Waals surface area (Å²) in [7, 11) is 1.63. The molecule has 0 aromatic heterocycles. The summed E-state index contributed by atoms with van der Waals surface area (Å²) in [6.07, 6.45) is 0.770. The van der Waals surface area contributed by atoms with Crippen LogP contribution in [0.3, 0.4) is 0 Å². The third kappa shape index (κ3) is 4.19. The fraction of sp³-hybridized carbons (Fsp3) is 0.467.